The van der Waals surface area contributed by atoms with Crippen LogP contribution in [0.2, 0.25) is 0 Å². The average Bonchev–Trinajstić information content (AvgIpc) is 1.95. The van der Waals surface area contributed by atoms with Gasteiger partial charge in [-0.2, -0.15) is 0 Å². The maximum Gasteiger partial charge on any atom is 0.123 e. The van der Waals surface area contributed by atoms with Gasteiger partial charge in [-0.3, -0.25) is 0 Å². The van der Waals surface area contributed by atoms with E-state index in [9.17, 15) is 0 Å². The van der Waals surface area contributed by atoms with Gasteiger partial charge in [-0.25, -0.2) is 4.98 Å². The molecular weight excluding hydrogens is 162 g/mol. The van der Waals surface area contributed by atoms with Gasteiger partial charge in [0.25, 0.3) is 0 Å². The highest BCUT2D eigenvalue weighted by molar-refractivity contribution is 5.85. The number of halogens is 1. The smallest absolute Gasteiger partial charge is 0.123 e. The first kappa shape index (κ1) is 10.2. The third kappa shape index (κ3) is 3.20. The van der Waals surface area contributed by atoms with Gasteiger partial charge in [0.2, 0.25) is 0 Å². The highest BCUT2D eigenvalue weighted by Gasteiger charge is 1.89. The van der Waals surface area contributed by atoms with Crippen molar-refractivity contribution in [2.75, 3.05) is 12.3 Å². The number of hydrogen-bond acceptors (Lipinski definition) is 3. The van der Waals surface area contributed by atoms with Gasteiger partial charge < -0.3 is 11.5 Å². The van der Waals surface area contributed by atoms with Gasteiger partial charge in [0, 0.05) is 6.20 Å². The van der Waals surface area contributed by atoms with E-state index in [0.29, 0.717) is 12.4 Å². The Labute approximate surface area is 72.2 Å². The van der Waals surface area contributed by atoms with E-state index >= 15 is 0 Å². The first-order valence-corrected chi connectivity index (χ1v) is 3.23. The maximum atomic E-state index is 5.38. The van der Waals surface area contributed by atoms with E-state index in [0.717, 1.165) is 12.0 Å². The van der Waals surface area contributed by atoms with E-state index in [1.54, 1.807) is 12.3 Å². The maximum absolute atomic E-state index is 5.38. The molecule has 1 heterocycles. The highest BCUT2D eigenvalue weighted by atomic mass is 35.5. The first-order chi connectivity index (χ1) is 4.83. The summed E-state index contributed by atoms with van der Waals surface area (Å²) in [7, 11) is 0. The molecule has 1 aromatic heterocycles. The van der Waals surface area contributed by atoms with Crippen molar-refractivity contribution in [3.8, 4) is 0 Å². The molecular formula is C7H12ClN3. The van der Waals surface area contributed by atoms with E-state index < -0.39 is 0 Å². The van der Waals surface area contributed by atoms with Crippen LogP contribution in [0.5, 0.6) is 0 Å². The molecule has 1 rings (SSSR count). The van der Waals surface area contributed by atoms with Crippen molar-refractivity contribution in [2.24, 2.45) is 5.73 Å². The van der Waals surface area contributed by atoms with E-state index in [4.69, 9.17) is 11.5 Å². The summed E-state index contributed by atoms with van der Waals surface area (Å²) in [5, 5.41) is 0. The first-order valence-electron chi connectivity index (χ1n) is 3.23. The predicted molar refractivity (Wildman–Crippen MR) is 48.7 cm³/mol. The SMILES string of the molecule is Cl.NCCc1ccc(N)nc1. The molecule has 4 N–H and O–H groups in total. The fourth-order valence-corrected chi connectivity index (χ4v) is 0.750. The molecule has 0 saturated carbocycles. The van der Waals surface area contributed by atoms with E-state index in [-0.39, 0.29) is 12.4 Å². The lowest BCUT2D eigenvalue weighted by atomic mass is 10.2. The fourth-order valence-electron chi connectivity index (χ4n) is 0.750. The van der Waals surface area contributed by atoms with Crippen molar-refractivity contribution in [1.82, 2.24) is 4.98 Å². The van der Waals surface area contributed by atoms with Crippen LogP contribution in [0.4, 0.5) is 5.82 Å². The summed E-state index contributed by atoms with van der Waals surface area (Å²) in [6, 6.07) is 3.72. The number of nitrogens with two attached hydrogens (primary N) is 2. The number of hydrogen-bond donors (Lipinski definition) is 2. The summed E-state index contributed by atoms with van der Waals surface area (Å²) >= 11 is 0. The summed E-state index contributed by atoms with van der Waals surface area (Å²) < 4.78 is 0. The number of nitrogens with zero attached hydrogens (tertiary/aromatic N) is 1. The van der Waals surface area contributed by atoms with Gasteiger partial charge >= 0.3 is 0 Å². The Balaban J connectivity index is 0.000001000. The van der Waals surface area contributed by atoms with Crippen molar-refractivity contribution < 1.29 is 0 Å². The van der Waals surface area contributed by atoms with Crippen LogP contribution in [0.15, 0.2) is 18.3 Å². The minimum absolute atomic E-state index is 0. The van der Waals surface area contributed by atoms with E-state index in [1.807, 2.05) is 6.07 Å². The van der Waals surface area contributed by atoms with Crippen LogP contribution < -0.4 is 11.5 Å². The van der Waals surface area contributed by atoms with E-state index in [2.05, 4.69) is 4.98 Å². The normalized spacial score (nSPS) is 8.82. The zero-order chi connectivity index (χ0) is 7.40. The lowest BCUT2D eigenvalue weighted by Crippen LogP contribution is -2.03. The average molecular weight is 174 g/mol. The number of aromatic nitrogens is 1. The Morgan fingerprint density at radius 1 is 1.36 bits per heavy atom. The number of pyridine rings is 1. The Hall–Kier alpha value is -0.800. The zero-order valence-corrected chi connectivity index (χ0v) is 6.97. The minimum atomic E-state index is 0. The van der Waals surface area contributed by atoms with E-state index in [1.165, 1.54) is 0 Å². The Morgan fingerprint density at radius 3 is 2.55 bits per heavy atom. The van der Waals surface area contributed by atoms with Gasteiger partial charge in [-0.05, 0) is 24.6 Å². The molecule has 0 aliphatic heterocycles. The van der Waals surface area contributed by atoms with Crippen molar-refractivity contribution in [3.63, 3.8) is 0 Å². The summed E-state index contributed by atoms with van der Waals surface area (Å²) in [6.07, 6.45) is 2.62. The molecule has 0 aromatic carbocycles. The molecule has 0 aliphatic carbocycles. The van der Waals surface area contributed by atoms with Crippen LogP contribution >= 0.6 is 12.4 Å². The molecule has 0 fully saturated rings. The van der Waals surface area contributed by atoms with Crippen molar-refractivity contribution >= 4 is 18.2 Å². The van der Waals surface area contributed by atoms with Gasteiger partial charge in [0.1, 0.15) is 5.82 Å². The lowest BCUT2D eigenvalue weighted by Gasteiger charge is -1.96. The molecule has 0 unspecified atom stereocenters. The lowest BCUT2D eigenvalue weighted by molar-refractivity contribution is 0.960. The summed E-state index contributed by atoms with van der Waals surface area (Å²) in [5.74, 6) is 0.556. The molecule has 0 atom stereocenters. The largest absolute Gasteiger partial charge is 0.384 e. The van der Waals surface area contributed by atoms with Crippen LogP contribution in [0.25, 0.3) is 0 Å². The quantitative estimate of drug-likeness (QED) is 0.688. The molecule has 0 saturated heterocycles. The molecule has 0 bridgehead atoms. The number of anilines is 1. The number of rotatable bonds is 2. The monoisotopic (exact) mass is 173 g/mol. The molecule has 0 radical (unpaired) electrons. The molecule has 0 aliphatic rings. The van der Waals surface area contributed by atoms with Gasteiger partial charge in [0.05, 0.1) is 0 Å². The number of nitrogen functional groups attached to an aromatic ring is 1. The van der Waals surface area contributed by atoms with Crippen molar-refractivity contribution in [3.05, 3.63) is 23.9 Å². The van der Waals surface area contributed by atoms with Crippen molar-refractivity contribution in [2.45, 2.75) is 6.42 Å². The predicted octanol–water partition coefficient (Wildman–Crippen LogP) is 0.587. The molecule has 1 aromatic rings. The topological polar surface area (TPSA) is 64.9 Å². The Kier molecular flexibility index (Phi) is 4.57. The summed E-state index contributed by atoms with van der Waals surface area (Å²) in [4.78, 5) is 3.92. The third-order valence-electron chi connectivity index (χ3n) is 1.28. The second-order valence-corrected chi connectivity index (χ2v) is 2.13. The third-order valence-corrected chi connectivity index (χ3v) is 1.28. The van der Waals surface area contributed by atoms with Crippen LogP contribution in [0.1, 0.15) is 5.56 Å². The second-order valence-electron chi connectivity index (χ2n) is 2.13. The Morgan fingerprint density at radius 2 is 2.09 bits per heavy atom. The Bertz CT molecular complexity index is 197. The molecule has 0 amide bonds. The van der Waals surface area contributed by atoms with Crippen LogP contribution in [-0.2, 0) is 6.42 Å². The second kappa shape index (κ2) is 4.93. The highest BCUT2D eigenvalue weighted by Crippen LogP contribution is 2.00. The van der Waals surface area contributed by atoms with Crippen molar-refractivity contribution in [1.29, 1.82) is 0 Å². The van der Waals surface area contributed by atoms with Gasteiger partial charge in [-0.1, -0.05) is 6.07 Å². The van der Waals surface area contributed by atoms with Crippen LogP contribution in [0, 0.1) is 0 Å². The fraction of sp³-hybridized carbons (Fsp3) is 0.286. The van der Waals surface area contributed by atoms with Crippen LogP contribution in [0.3, 0.4) is 0 Å². The molecule has 0 spiro atoms. The minimum Gasteiger partial charge on any atom is -0.384 e. The standard InChI is InChI=1S/C7H11N3.ClH/c8-4-3-6-1-2-7(9)10-5-6;/h1-2,5H,3-4,8H2,(H2,9,10);1H. The molecule has 3 nitrogen and oxygen atoms in total. The van der Waals surface area contributed by atoms with Gasteiger partial charge in [0.15, 0.2) is 0 Å². The summed E-state index contributed by atoms with van der Waals surface area (Å²) in [6.45, 7) is 0.658. The molecule has 4 heteroatoms. The van der Waals surface area contributed by atoms with Gasteiger partial charge in [-0.15, -0.1) is 12.4 Å². The van der Waals surface area contributed by atoms with Crippen LogP contribution in [-0.4, -0.2) is 11.5 Å². The molecule has 11 heavy (non-hydrogen) atoms. The summed E-state index contributed by atoms with van der Waals surface area (Å²) in [5.41, 5.74) is 11.9. The molecule has 62 valence electrons. The zero-order valence-electron chi connectivity index (χ0n) is 6.16.